The fourth-order valence-electron chi connectivity index (χ4n) is 1.99. The molecule has 0 aliphatic carbocycles. The van der Waals surface area contributed by atoms with Crippen LogP contribution < -0.4 is 10.6 Å². The maximum Gasteiger partial charge on any atom is 0.250 e. The Morgan fingerprint density at radius 2 is 1.78 bits per heavy atom. The van der Waals surface area contributed by atoms with Crippen LogP contribution in [0.15, 0.2) is 60.7 Å². The lowest BCUT2D eigenvalue weighted by atomic mass is 10.1. The van der Waals surface area contributed by atoms with Crippen molar-refractivity contribution in [3.8, 4) is 0 Å². The van der Waals surface area contributed by atoms with Crippen LogP contribution in [-0.2, 0) is 4.79 Å². The fourth-order valence-corrected chi connectivity index (χ4v) is 2.46. The highest BCUT2D eigenvalue weighted by molar-refractivity contribution is 7.80. The lowest BCUT2D eigenvalue weighted by Gasteiger charge is -2.16. The van der Waals surface area contributed by atoms with Gasteiger partial charge in [-0.3, -0.25) is 10.1 Å². The van der Waals surface area contributed by atoms with E-state index in [1.807, 2.05) is 55.5 Å². The Labute approximate surface area is 146 Å². The van der Waals surface area contributed by atoms with Gasteiger partial charge in [-0.05, 0) is 42.4 Å². The topological polar surface area (TPSA) is 41.1 Å². The second kappa shape index (κ2) is 8.46. The van der Waals surface area contributed by atoms with Gasteiger partial charge in [0.1, 0.15) is 0 Å². The first-order chi connectivity index (χ1) is 11.1. The molecule has 2 N–H and O–H groups in total. The van der Waals surface area contributed by atoms with E-state index in [1.165, 1.54) is 6.08 Å². The van der Waals surface area contributed by atoms with Gasteiger partial charge in [0.05, 0.1) is 6.04 Å². The van der Waals surface area contributed by atoms with Gasteiger partial charge >= 0.3 is 0 Å². The van der Waals surface area contributed by atoms with Crippen LogP contribution in [0.1, 0.15) is 24.1 Å². The summed E-state index contributed by atoms with van der Waals surface area (Å²) in [5.74, 6) is -0.303. The highest BCUT2D eigenvalue weighted by Gasteiger charge is 2.07. The maximum atomic E-state index is 11.9. The van der Waals surface area contributed by atoms with Crippen LogP contribution >= 0.6 is 23.8 Å². The van der Waals surface area contributed by atoms with Crippen LogP contribution in [-0.4, -0.2) is 11.0 Å². The third-order valence-corrected chi connectivity index (χ3v) is 3.77. The Balaban J connectivity index is 1.88. The Kier molecular flexibility index (Phi) is 6.32. The Bertz CT molecular complexity index is 716. The van der Waals surface area contributed by atoms with E-state index in [4.69, 9.17) is 23.8 Å². The van der Waals surface area contributed by atoms with Crippen LogP contribution in [0.5, 0.6) is 0 Å². The third-order valence-electron chi connectivity index (χ3n) is 3.20. The zero-order valence-corrected chi connectivity index (χ0v) is 14.2. The smallest absolute Gasteiger partial charge is 0.250 e. The van der Waals surface area contributed by atoms with Crippen LogP contribution in [0.25, 0.3) is 6.08 Å². The lowest BCUT2D eigenvalue weighted by Crippen LogP contribution is -2.39. The number of benzene rings is 2. The van der Waals surface area contributed by atoms with E-state index in [0.717, 1.165) is 11.1 Å². The minimum atomic E-state index is -0.303. The van der Waals surface area contributed by atoms with Gasteiger partial charge in [0.2, 0.25) is 5.91 Å². The van der Waals surface area contributed by atoms with Crippen molar-refractivity contribution in [2.75, 3.05) is 0 Å². The molecule has 118 valence electrons. The van der Waals surface area contributed by atoms with Crippen LogP contribution in [0.3, 0.4) is 0 Å². The Morgan fingerprint density at radius 3 is 2.48 bits per heavy atom. The molecule has 5 heteroatoms. The monoisotopic (exact) mass is 344 g/mol. The number of amides is 1. The summed E-state index contributed by atoms with van der Waals surface area (Å²) < 4.78 is 0. The summed E-state index contributed by atoms with van der Waals surface area (Å²) in [7, 11) is 0. The molecule has 0 saturated carbocycles. The summed E-state index contributed by atoms with van der Waals surface area (Å²) in [5, 5.41) is 6.58. The molecule has 0 aliphatic rings. The van der Waals surface area contributed by atoms with Crippen molar-refractivity contribution in [1.82, 2.24) is 10.6 Å². The van der Waals surface area contributed by atoms with E-state index in [1.54, 1.807) is 12.1 Å². The van der Waals surface area contributed by atoms with E-state index in [2.05, 4.69) is 10.6 Å². The van der Waals surface area contributed by atoms with Gasteiger partial charge in [-0.1, -0.05) is 60.1 Å². The highest BCUT2D eigenvalue weighted by Crippen LogP contribution is 2.16. The molecule has 2 rings (SSSR count). The zero-order valence-electron chi connectivity index (χ0n) is 12.6. The summed E-state index contributed by atoms with van der Waals surface area (Å²) in [6.45, 7) is 1.98. The molecule has 0 heterocycles. The predicted octanol–water partition coefficient (Wildman–Crippen LogP) is 4.11. The van der Waals surface area contributed by atoms with Gasteiger partial charge in [0.15, 0.2) is 5.11 Å². The van der Waals surface area contributed by atoms with Crippen molar-refractivity contribution in [3.63, 3.8) is 0 Å². The van der Waals surface area contributed by atoms with Crippen molar-refractivity contribution in [2.45, 2.75) is 13.0 Å². The van der Waals surface area contributed by atoms with Crippen LogP contribution in [0.4, 0.5) is 0 Å². The highest BCUT2D eigenvalue weighted by atomic mass is 35.5. The molecule has 0 aromatic heterocycles. The van der Waals surface area contributed by atoms with E-state index in [-0.39, 0.29) is 17.1 Å². The van der Waals surface area contributed by atoms with Gasteiger partial charge in [-0.2, -0.15) is 0 Å². The molecular weight excluding hydrogens is 328 g/mol. The van der Waals surface area contributed by atoms with Gasteiger partial charge < -0.3 is 5.32 Å². The number of rotatable bonds is 4. The van der Waals surface area contributed by atoms with Gasteiger partial charge in [-0.15, -0.1) is 0 Å². The largest absolute Gasteiger partial charge is 0.356 e. The number of hydrogen-bond acceptors (Lipinski definition) is 2. The Hall–Kier alpha value is -2.17. The summed E-state index contributed by atoms with van der Waals surface area (Å²) in [4.78, 5) is 11.9. The first-order valence-electron chi connectivity index (χ1n) is 7.15. The molecule has 1 unspecified atom stereocenters. The molecule has 1 atom stereocenters. The minimum absolute atomic E-state index is 0.0107. The number of nitrogens with one attached hydrogen (secondary N) is 2. The number of carbonyl (C=O) groups excluding carboxylic acids is 1. The molecule has 3 nitrogen and oxygen atoms in total. The summed E-state index contributed by atoms with van der Waals surface area (Å²) >= 11 is 11.2. The van der Waals surface area contributed by atoms with Crippen LogP contribution in [0, 0.1) is 0 Å². The second-order valence-electron chi connectivity index (χ2n) is 4.95. The normalized spacial score (nSPS) is 11.9. The average molecular weight is 345 g/mol. The standard InChI is InChI=1S/C18H17ClN2OS/c1-13(14-7-3-2-4-8-14)20-18(23)21-17(22)12-11-15-9-5-6-10-16(15)19/h2-13H,1H3,(H2,20,21,22,23)/b12-11+. The molecule has 0 saturated heterocycles. The molecule has 2 aromatic carbocycles. The Morgan fingerprint density at radius 1 is 1.13 bits per heavy atom. The number of halogens is 1. The first-order valence-corrected chi connectivity index (χ1v) is 7.94. The van der Waals surface area contributed by atoms with Gasteiger partial charge in [-0.25, -0.2) is 0 Å². The molecule has 0 fully saturated rings. The first kappa shape index (κ1) is 17.2. The van der Waals surface area contributed by atoms with E-state index >= 15 is 0 Å². The zero-order chi connectivity index (χ0) is 16.7. The summed E-state index contributed by atoms with van der Waals surface area (Å²) in [6, 6.07) is 17.2. The minimum Gasteiger partial charge on any atom is -0.356 e. The van der Waals surface area contributed by atoms with Crippen molar-refractivity contribution in [1.29, 1.82) is 0 Å². The van der Waals surface area contributed by atoms with Crippen molar-refractivity contribution in [3.05, 3.63) is 76.8 Å². The van der Waals surface area contributed by atoms with Gasteiger partial charge in [0, 0.05) is 11.1 Å². The summed E-state index contributed by atoms with van der Waals surface area (Å²) in [6.07, 6.45) is 3.06. The lowest BCUT2D eigenvalue weighted by molar-refractivity contribution is -0.115. The van der Waals surface area contributed by atoms with E-state index in [0.29, 0.717) is 5.02 Å². The maximum absolute atomic E-state index is 11.9. The summed E-state index contributed by atoms with van der Waals surface area (Å²) in [5.41, 5.74) is 1.87. The average Bonchev–Trinajstić information content (AvgIpc) is 2.54. The van der Waals surface area contributed by atoms with Crippen molar-refractivity contribution in [2.24, 2.45) is 0 Å². The van der Waals surface area contributed by atoms with Crippen molar-refractivity contribution < 1.29 is 4.79 Å². The van der Waals surface area contributed by atoms with Gasteiger partial charge in [0.25, 0.3) is 0 Å². The van der Waals surface area contributed by atoms with Crippen LogP contribution in [0.2, 0.25) is 5.02 Å². The molecule has 0 aliphatic heterocycles. The molecule has 23 heavy (non-hydrogen) atoms. The van der Waals surface area contributed by atoms with E-state index in [9.17, 15) is 4.79 Å². The number of thiocarbonyl (C=S) groups is 1. The molecule has 0 spiro atoms. The SMILES string of the molecule is CC(NC(=S)NC(=O)/C=C/c1ccccc1Cl)c1ccccc1. The molecule has 1 amide bonds. The molecule has 2 aromatic rings. The molecular formula is C18H17ClN2OS. The second-order valence-corrected chi connectivity index (χ2v) is 5.77. The predicted molar refractivity (Wildman–Crippen MR) is 99.2 cm³/mol. The molecule has 0 bridgehead atoms. The molecule has 0 radical (unpaired) electrons. The number of carbonyl (C=O) groups is 1. The van der Waals surface area contributed by atoms with Crippen molar-refractivity contribution >= 4 is 40.9 Å². The van der Waals surface area contributed by atoms with E-state index < -0.39 is 0 Å². The number of hydrogen-bond donors (Lipinski definition) is 2. The third kappa shape index (κ3) is 5.51. The fraction of sp³-hybridized carbons (Fsp3) is 0.111. The quantitative estimate of drug-likeness (QED) is 0.648.